The largest absolute Gasteiger partial charge is 0.493 e. The molecule has 4 rings (SSSR count). The van der Waals surface area contributed by atoms with E-state index in [1.165, 1.54) is 10.9 Å². The maximum Gasteiger partial charge on any atom is 0.282 e. The number of fused-ring (bicyclic) bond motifs is 1. The highest BCUT2D eigenvalue weighted by molar-refractivity contribution is 6.31. The van der Waals surface area contributed by atoms with Gasteiger partial charge in [0, 0.05) is 16.3 Å². The van der Waals surface area contributed by atoms with Crippen molar-refractivity contribution >= 4 is 28.7 Å². The van der Waals surface area contributed by atoms with Crippen LogP contribution in [0.5, 0.6) is 11.5 Å². The molecule has 2 aromatic carbocycles. The summed E-state index contributed by atoms with van der Waals surface area (Å²) in [5.41, 5.74) is 2.28. The zero-order chi connectivity index (χ0) is 22.0. The van der Waals surface area contributed by atoms with Crippen LogP contribution >= 0.6 is 11.6 Å². The summed E-state index contributed by atoms with van der Waals surface area (Å²) in [6.45, 7) is 1.89. The Morgan fingerprint density at radius 3 is 2.55 bits per heavy atom. The molecule has 0 spiro atoms. The number of aromatic nitrogens is 3. The maximum atomic E-state index is 13.3. The molecular formula is C23H19ClN4O3. The molecule has 0 aliphatic heterocycles. The fourth-order valence-electron chi connectivity index (χ4n) is 3.17. The highest BCUT2D eigenvalue weighted by atomic mass is 35.5. The first-order chi connectivity index (χ1) is 15.0. The Morgan fingerprint density at radius 1 is 1.00 bits per heavy atom. The molecule has 8 heteroatoms. The molecule has 0 fully saturated rings. The molecule has 0 unspecified atom stereocenters. The van der Waals surface area contributed by atoms with E-state index in [-0.39, 0.29) is 5.56 Å². The van der Waals surface area contributed by atoms with Crippen molar-refractivity contribution in [2.24, 2.45) is 5.10 Å². The Bertz CT molecular complexity index is 1370. The number of nitrogens with zero attached hydrogens (tertiary/aromatic N) is 4. The Morgan fingerprint density at radius 2 is 1.81 bits per heavy atom. The fourth-order valence-corrected chi connectivity index (χ4v) is 3.34. The van der Waals surface area contributed by atoms with Crippen LogP contribution in [0.1, 0.15) is 11.4 Å². The molecule has 4 aromatic rings. The number of halogens is 1. The van der Waals surface area contributed by atoms with Gasteiger partial charge < -0.3 is 9.47 Å². The Balaban J connectivity index is 1.96. The van der Waals surface area contributed by atoms with Crippen LogP contribution in [0.2, 0.25) is 5.02 Å². The third-order valence-electron chi connectivity index (χ3n) is 4.67. The second-order valence-electron chi connectivity index (χ2n) is 6.73. The third kappa shape index (κ3) is 4.13. The summed E-state index contributed by atoms with van der Waals surface area (Å²) in [4.78, 5) is 22.4. The van der Waals surface area contributed by atoms with Crippen molar-refractivity contribution in [3.63, 3.8) is 0 Å². The van der Waals surface area contributed by atoms with Gasteiger partial charge in [-0.25, -0.2) is 4.98 Å². The lowest BCUT2D eigenvalue weighted by Gasteiger charge is -2.12. The average molecular weight is 435 g/mol. The molecule has 0 N–H and O–H groups in total. The minimum Gasteiger partial charge on any atom is -0.493 e. The SMILES string of the molecule is COc1ccc(-c2nc3ccc(Cl)cc3c(=O)n2N=Cc2cccc(C)n2)cc1OC. The van der Waals surface area contributed by atoms with Gasteiger partial charge in [-0.2, -0.15) is 9.78 Å². The van der Waals surface area contributed by atoms with Gasteiger partial charge in [0.15, 0.2) is 17.3 Å². The number of rotatable bonds is 5. The van der Waals surface area contributed by atoms with Crippen LogP contribution in [-0.2, 0) is 0 Å². The van der Waals surface area contributed by atoms with Gasteiger partial charge in [-0.05, 0) is 55.5 Å². The van der Waals surface area contributed by atoms with Crippen LogP contribution in [0, 0.1) is 6.92 Å². The van der Waals surface area contributed by atoms with Crippen molar-refractivity contribution in [3.05, 3.63) is 81.4 Å². The van der Waals surface area contributed by atoms with E-state index >= 15 is 0 Å². The van der Waals surface area contributed by atoms with Gasteiger partial charge in [-0.3, -0.25) is 9.78 Å². The molecule has 0 saturated carbocycles. The molecule has 7 nitrogen and oxygen atoms in total. The van der Waals surface area contributed by atoms with Gasteiger partial charge in [0.1, 0.15) is 0 Å². The summed E-state index contributed by atoms with van der Waals surface area (Å²) >= 11 is 6.11. The lowest BCUT2D eigenvalue weighted by atomic mass is 10.1. The second kappa shape index (κ2) is 8.57. The number of hydrogen-bond donors (Lipinski definition) is 0. The van der Waals surface area contributed by atoms with Gasteiger partial charge in [-0.15, -0.1) is 0 Å². The molecule has 31 heavy (non-hydrogen) atoms. The molecule has 0 saturated heterocycles. The number of benzene rings is 2. The first-order valence-electron chi connectivity index (χ1n) is 9.43. The standard InChI is InChI=1S/C23H19ClN4O3/c1-14-5-4-6-17(26-14)13-25-28-22(15-7-10-20(30-2)21(11-15)31-3)27-19-9-8-16(24)12-18(19)23(28)29/h4-13H,1-3H3. The predicted octanol–water partition coefficient (Wildman–Crippen LogP) is 4.32. The summed E-state index contributed by atoms with van der Waals surface area (Å²) < 4.78 is 12.0. The van der Waals surface area contributed by atoms with Crippen LogP contribution in [0.4, 0.5) is 0 Å². The van der Waals surface area contributed by atoms with Crippen molar-refractivity contribution < 1.29 is 9.47 Å². The maximum absolute atomic E-state index is 13.3. The molecular weight excluding hydrogens is 416 g/mol. The molecule has 0 amide bonds. The van der Waals surface area contributed by atoms with Crippen molar-refractivity contribution in [3.8, 4) is 22.9 Å². The third-order valence-corrected chi connectivity index (χ3v) is 4.90. The number of hydrogen-bond acceptors (Lipinski definition) is 6. The highest BCUT2D eigenvalue weighted by Crippen LogP contribution is 2.32. The average Bonchev–Trinajstić information content (AvgIpc) is 2.78. The molecule has 156 valence electrons. The van der Waals surface area contributed by atoms with E-state index in [1.807, 2.05) is 25.1 Å². The summed E-state index contributed by atoms with van der Waals surface area (Å²) in [6.07, 6.45) is 1.52. The fraction of sp³-hybridized carbons (Fsp3) is 0.130. The molecule has 0 radical (unpaired) electrons. The number of methoxy groups -OCH3 is 2. The van der Waals surface area contributed by atoms with Gasteiger partial charge >= 0.3 is 0 Å². The smallest absolute Gasteiger partial charge is 0.282 e. The molecule has 0 aliphatic carbocycles. The van der Waals surface area contributed by atoms with Gasteiger partial charge in [-0.1, -0.05) is 17.7 Å². The van der Waals surface area contributed by atoms with Gasteiger partial charge in [0.25, 0.3) is 5.56 Å². The summed E-state index contributed by atoms with van der Waals surface area (Å²) in [7, 11) is 3.11. The summed E-state index contributed by atoms with van der Waals surface area (Å²) in [6, 6.07) is 15.9. The first kappa shape index (κ1) is 20.6. The molecule has 0 bridgehead atoms. The van der Waals surface area contributed by atoms with E-state index in [0.717, 1.165) is 5.69 Å². The van der Waals surface area contributed by atoms with E-state index in [0.29, 0.717) is 44.5 Å². The summed E-state index contributed by atoms with van der Waals surface area (Å²) in [5.74, 6) is 1.44. The Hall–Kier alpha value is -3.71. The van der Waals surface area contributed by atoms with Crippen molar-refractivity contribution in [1.82, 2.24) is 14.6 Å². The van der Waals surface area contributed by atoms with Crippen molar-refractivity contribution in [1.29, 1.82) is 0 Å². The first-order valence-corrected chi connectivity index (χ1v) is 9.80. The van der Waals surface area contributed by atoms with E-state index in [1.54, 1.807) is 50.6 Å². The number of aryl methyl sites for hydroxylation is 1. The van der Waals surface area contributed by atoms with E-state index in [4.69, 9.17) is 21.1 Å². The van der Waals surface area contributed by atoms with Crippen molar-refractivity contribution in [2.75, 3.05) is 14.2 Å². The van der Waals surface area contributed by atoms with Crippen LogP contribution in [-0.4, -0.2) is 35.1 Å². The minimum absolute atomic E-state index is 0.346. The monoisotopic (exact) mass is 434 g/mol. The second-order valence-corrected chi connectivity index (χ2v) is 7.17. The molecule has 2 heterocycles. The van der Waals surface area contributed by atoms with Crippen LogP contribution < -0.4 is 15.0 Å². The van der Waals surface area contributed by atoms with Gasteiger partial charge in [0.05, 0.1) is 37.0 Å². The van der Waals surface area contributed by atoms with Crippen LogP contribution in [0.25, 0.3) is 22.3 Å². The topological polar surface area (TPSA) is 78.6 Å². The van der Waals surface area contributed by atoms with E-state index in [2.05, 4.69) is 15.1 Å². The van der Waals surface area contributed by atoms with Crippen LogP contribution in [0.15, 0.2) is 64.5 Å². The predicted molar refractivity (Wildman–Crippen MR) is 122 cm³/mol. The zero-order valence-corrected chi connectivity index (χ0v) is 17.9. The van der Waals surface area contributed by atoms with Crippen molar-refractivity contribution in [2.45, 2.75) is 6.92 Å². The summed E-state index contributed by atoms with van der Waals surface area (Å²) in [5, 5.41) is 5.22. The Labute approximate surface area is 183 Å². The number of ether oxygens (including phenoxy) is 2. The van der Waals surface area contributed by atoms with E-state index in [9.17, 15) is 4.79 Å². The quantitative estimate of drug-likeness (QED) is 0.437. The minimum atomic E-state index is -0.346. The normalized spacial score (nSPS) is 11.2. The lowest BCUT2D eigenvalue weighted by Crippen LogP contribution is -2.20. The molecule has 0 atom stereocenters. The van der Waals surface area contributed by atoms with Crippen LogP contribution in [0.3, 0.4) is 0 Å². The van der Waals surface area contributed by atoms with E-state index < -0.39 is 0 Å². The molecule has 2 aromatic heterocycles. The molecule has 0 aliphatic rings. The Kier molecular flexibility index (Phi) is 5.68. The van der Waals surface area contributed by atoms with Gasteiger partial charge in [0.2, 0.25) is 0 Å². The highest BCUT2D eigenvalue weighted by Gasteiger charge is 2.15. The lowest BCUT2D eigenvalue weighted by molar-refractivity contribution is 0.355. The zero-order valence-electron chi connectivity index (χ0n) is 17.2. The number of pyridine rings is 1.